The Labute approximate surface area is 116 Å². The molecule has 14 heteroatoms. The van der Waals surface area contributed by atoms with Crippen LogP contribution in [0.2, 0.25) is 0 Å². The van der Waals surface area contributed by atoms with Gasteiger partial charge in [-0.05, 0) is 0 Å². The fourth-order valence-corrected chi connectivity index (χ4v) is 0.359. The predicted octanol–water partition coefficient (Wildman–Crippen LogP) is 4.85. The van der Waals surface area contributed by atoms with Crippen molar-refractivity contribution in [3.05, 3.63) is 0 Å². The van der Waals surface area contributed by atoms with Crippen molar-refractivity contribution in [2.45, 2.75) is 31.5 Å². The van der Waals surface area contributed by atoms with Crippen molar-refractivity contribution >= 4 is 0 Å². The van der Waals surface area contributed by atoms with E-state index in [1.165, 1.54) is 0 Å². The molecule has 0 bridgehead atoms. The third-order valence-electron chi connectivity index (χ3n) is 1.06. The molecule has 0 atom stereocenters. The van der Waals surface area contributed by atoms with Crippen LogP contribution in [-0.4, -0.2) is 45.2 Å². The van der Waals surface area contributed by atoms with E-state index in [1.807, 2.05) is 0 Å². The van der Waals surface area contributed by atoms with Crippen LogP contribution < -0.4 is 0 Å². The van der Waals surface area contributed by atoms with Crippen LogP contribution in [-0.2, 0) is 9.47 Å². The zero-order valence-electron chi connectivity index (χ0n) is 10.8. The molecule has 0 saturated heterocycles. The molecular formula is C8H10F12O2. The van der Waals surface area contributed by atoms with Gasteiger partial charge in [0.1, 0.15) is 6.61 Å². The van der Waals surface area contributed by atoms with Crippen LogP contribution in [0.4, 0.5) is 52.7 Å². The quantitative estimate of drug-likeness (QED) is 0.663. The third-order valence-corrected chi connectivity index (χ3v) is 1.06. The van der Waals surface area contributed by atoms with Gasteiger partial charge in [0.15, 0.2) is 6.86 Å². The highest BCUT2D eigenvalue weighted by atomic mass is 19.4. The second-order valence-electron chi connectivity index (χ2n) is 2.98. The molecule has 0 aliphatic rings. The van der Waals surface area contributed by atoms with Crippen LogP contribution in [0.25, 0.3) is 0 Å². The lowest BCUT2D eigenvalue weighted by Crippen LogP contribution is -2.38. The van der Waals surface area contributed by atoms with Gasteiger partial charge in [-0.2, -0.15) is 43.9 Å². The van der Waals surface area contributed by atoms with Crippen LogP contribution in [0.1, 0.15) is 6.92 Å². The Morgan fingerprint density at radius 3 is 1.18 bits per heavy atom. The molecule has 0 radical (unpaired) electrons. The van der Waals surface area contributed by atoms with Gasteiger partial charge in [-0.1, -0.05) is 0 Å². The van der Waals surface area contributed by atoms with Gasteiger partial charge in [0.25, 0.3) is 0 Å². The zero-order valence-corrected chi connectivity index (χ0v) is 10.8. The average molecular weight is 366 g/mol. The summed E-state index contributed by atoms with van der Waals surface area (Å²) >= 11 is 0. The van der Waals surface area contributed by atoms with E-state index in [-0.39, 0.29) is 6.92 Å². The van der Waals surface area contributed by atoms with Crippen molar-refractivity contribution in [3.8, 4) is 0 Å². The Hall–Kier alpha value is -0.920. The standard InChI is InChI=1S/C4H5F5O.C3H2F6O.CH3F/c1-3(5,6)10-2-4(7,8)9;4-1-10-3(8,9)2(5,6)7;1-2/h2H2,1H3;1H2;1H3. The van der Waals surface area contributed by atoms with Crippen molar-refractivity contribution in [2.75, 3.05) is 20.6 Å². The maximum atomic E-state index is 11.5. The van der Waals surface area contributed by atoms with Crippen molar-refractivity contribution < 1.29 is 62.2 Å². The van der Waals surface area contributed by atoms with Gasteiger partial charge in [-0.25, -0.2) is 4.39 Å². The van der Waals surface area contributed by atoms with E-state index in [0.29, 0.717) is 7.18 Å². The van der Waals surface area contributed by atoms with Gasteiger partial charge in [0.05, 0.1) is 7.18 Å². The fourth-order valence-electron chi connectivity index (χ4n) is 0.359. The van der Waals surface area contributed by atoms with Crippen molar-refractivity contribution in [1.82, 2.24) is 0 Å². The summed E-state index contributed by atoms with van der Waals surface area (Å²) < 4.78 is 138. The fraction of sp³-hybridized carbons (Fsp3) is 1.00. The van der Waals surface area contributed by atoms with Gasteiger partial charge in [0.2, 0.25) is 0 Å². The predicted molar refractivity (Wildman–Crippen MR) is 47.7 cm³/mol. The maximum absolute atomic E-state index is 11.5. The van der Waals surface area contributed by atoms with Crippen molar-refractivity contribution in [1.29, 1.82) is 0 Å². The van der Waals surface area contributed by atoms with E-state index in [4.69, 9.17) is 0 Å². The first-order valence-electron chi connectivity index (χ1n) is 4.62. The van der Waals surface area contributed by atoms with Crippen LogP contribution >= 0.6 is 0 Å². The Morgan fingerprint density at radius 2 is 1.09 bits per heavy atom. The molecule has 0 aliphatic carbocycles. The molecule has 0 aromatic carbocycles. The van der Waals surface area contributed by atoms with E-state index < -0.39 is 38.0 Å². The lowest BCUT2D eigenvalue weighted by atomic mass is 10.6. The second-order valence-corrected chi connectivity index (χ2v) is 2.98. The number of ether oxygens (including phenoxy) is 2. The lowest BCUT2D eigenvalue weighted by molar-refractivity contribution is -0.398. The summed E-state index contributed by atoms with van der Waals surface area (Å²) in [6.07, 6.45) is -19.6. The summed E-state index contributed by atoms with van der Waals surface area (Å²) in [4.78, 5) is 0. The summed E-state index contributed by atoms with van der Waals surface area (Å²) in [7, 11) is 0.500. The average Bonchev–Trinajstić information content (AvgIpc) is 2.27. The first-order valence-corrected chi connectivity index (χ1v) is 4.62. The maximum Gasteiger partial charge on any atom is 0.483 e. The molecule has 0 unspecified atom stereocenters. The number of hydrogen-bond donors (Lipinski definition) is 0. The molecule has 22 heavy (non-hydrogen) atoms. The second kappa shape index (κ2) is 9.97. The molecule has 0 saturated carbocycles. The van der Waals surface area contributed by atoms with Crippen LogP contribution in [0, 0.1) is 0 Å². The lowest BCUT2D eigenvalue weighted by Gasteiger charge is -2.16. The van der Waals surface area contributed by atoms with Gasteiger partial charge in [-0.3, -0.25) is 9.13 Å². The first kappa shape index (κ1) is 26.0. The molecule has 0 aliphatic heterocycles. The molecule has 138 valence electrons. The minimum atomic E-state index is -5.85. The summed E-state index contributed by atoms with van der Waals surface area (Å²) in [6, 6.07) is 0. The molecule has 0 aromatic heterocycles. The topological polar surface area (TPSA) is 18.5 Å². The Balaban J connectivity index is -0.000000294. The number of rotatable bonds is 4. The summed E-state index contributed by atoms with van der Waals surface area (Å²) in [6.45, 7) is -3.85. The highest BCUT2D eigenvalue weighted by molar-refractivity contribution is 4.62. The van der Waals surface area contributed by atoms with Crippen molar-refractivity contribution in [2.24, 2.45) is 0 Å². The molecule has 0 spiro atoms. The monoisotopic (exact) mass is 366 g/mol. The van der Waals surface area contributed by atoms with Crippen LogP contribution in [0.5, 0.6) is 0 Å². The van der Waals surface area contributed by atoms with Gasteiger partial charge in [0, 0.05) is 6.92 Å². The van der Waals surface area contributed by atoms with Crippen LogP contribution in [0.3, 0.4) is 0 Å². The Bertz CT molecular complexity index is 252. The van der Waals surface area contributed by atoms with Gasteiger partial charge >= 0.3 is 24.6 Å². The zero-order chi connectivity index (χ0) is 18.8. The molecule has 2 nitrogen and oxygen atoms in total. The molecule has 0 rings (SSSR count). The molecular weight excluding hydrogens is 356 g/mol. The van der Waals surface area contributed by atoms with E-state index in [1.54, 1.807) is 0 Å². The molecule has 0 fully saturated rings. The van der Waals surface area contributed by atoms with E-state index in [9.17, 15) is 52.7 Å². The molecule has 0 N–H and O–H groups in total. The Morgan fingerprint density at radius 1 is 0.727 bits per heavy atom. The molecule has 0 heterocycles. The molecule has 0 amide bonds. The minimum Gasteiger partial charge on any atom is -0.311 e. The van der Waals surface area contributed by atoms with Gasteiger partial charge in [-0.15, -0.1) is 0 Å². The largest absolute Gasteiger partial charge is 0.483 e. The van der Waals surface area contributed by atoms with Crippen LogP contribution in [0.15, 0.2) is 0 Å². The number of hydrogen-bond acceptors (Lipinski definition) is 2. The Kier molecular flexibility index (Phi) is 11.8. The van der Waals surface area contributed by atoms with E-state index in [2.05, 4.69) is 9.47 Å². The number of halogens is 12. The summed E-state index contributed by atoms with van der Waals surface area (Å²) in [5.41, 5.74) is 0. The third kappa shape index (κ3) is 17.1. The SMILES string of the molecule is CC(F)(F)OCC(F)(F)F.CF.FCOC(F)(F)C(F)(F)F. The van der Waals surface area contributed by atoms with E-state index in [0.717, 1.165) is 0 Å². The highest BCUT2D eigenvalue weighted by Crippen LogP contribution is 2.36. The smallest absolute Gasteiger partial charge is 0.311 e. The summed E-state index contributed by atoms with van der Waals surface area (Å²) in [5, 5.41) is 0. The first-order chi connectivity index (χ1) is 9.52. The number of alkyl halides is 12. The summed E-state index contributed by atoms with van der Waals surface area (Å²) in [5.74, 6) is 0. The normalized spacial score (nSPS) is 12.8. The van der Waals surface area contributed by atoms with Crippen molar-refractivity contribution in [3.63, 3.8) is 0 Å². The molecule has 0 aromatic rings. The highest BCUT2D eigenvalue weighted by Gasteiger charge is 2.59. The minimum absolute atomic E-state index is 0.249. The van der Waals surface area contributed by atoms with E-state index >= 15 is 0 Å². The van der Waals surface area contributed by atoms with Gasteiger partial charge < -0.3 is 4.74 Å².